The molecule has 0 radical (unpaired) electrons. The summed E-state index contributed by atoms with van der Waals surface area (Å²) in [4.78, 5) is 23.1. The van der Waals surface area contributed by atoms with Crippen molar-refractivity contribution in [3.05, 3.63) is 41.5 Å². The van der Waals surface area contributed by atoms with Crippen LogP contribution in [0.25, 0.3) is 6.08 Å². The van der Waals surface area contributed by atoms with E-state index < -0.39 is 11.9 Å². The quantitative estimate of drug-likeness (QED) is 0.605. The van der Waals surface area contributed by atoms with Gasteiger partial charge in [-0.25, -0.2) is 9.59 Å². The molecule has 0 amide bonds. The van der Waals surface area contributed by atoms with E-state index in [1.165, 1.54) is 6.08 Å². The molecule has 0 aliphatic heterocycles. The van der Waals surface area contributed by atoms with E-state index in [1.807, 2.05) is 0 Å². The highest BCUT2D eigenvalue weighted by Crippen LogP contribution is 2.13. The summed E-state index contributed by atoms with van der Waals surface area (Å²) >= 11 is 0. The van der Waals surface area contributed by atoms with Crippen LogP contribution in [0.1, 0.15) is 36.7 Å². The Kier molecular flexibility index (Phi) is 5.79. The molecule has 0 aliphatic carbocycles. The average Bonchev–Trinajstić information content (AvgIpc) is 2.36. The molecule has 0 atom stereocenters. The van der Waals surface area contributed by atoms with Gasteiger partial charge in [-0.2, -0.15) is 0 Å². The van der Waals surface area contributed by atoms with Gasteiger partial charge in [0.05, 0.1) is 18.3 Å². The molecular formula is C15H18O4. The standard InChI is InChI=1S/C15H18O4/c1-4-18-14(16)10-9-12-7-5-6-8-13(12)15(17)19-11(2)3/h5-11H,4H2,1-3H3/b10-9+. The van der Waals surface area contributed by atoms with Crippen LogP contribution in [0, 0.1) is 0 Å². The number of esters is 2. The van der Waals surface area contributed by atoms with Gasteiger partial charge in [-0.1, -0.05) is 18.2 Å². The zero-order valence-electron chi connectivity index (χ0n) is 11.4. The molecule has 1 rings (SSSR count). The Bertz CT molecular complexity index is 475. The van der Waals surface area contributed by atoms with Gasteiger partial charge in [0.2, 0.25) is 0 Å². The van der Waals surface area contributed by atoms with Crippen molar-refractivity contribution < 1.29 is 19.1 Å². The van der Waals surface area contributed by atoms with Gasteiger partial charge >= 0.3 is 11.9 Å². The maximum Gasteiger partial charge on any atom is 0.338 e. The van der Waals surface area contributed by atoms with Gasteiger partial charge in [0.15, 0.2) is 0 Å². The van der Waals surface area contributed by atoms with Crippen molar-refractivity contribution in [2.24, 2.45) is 0 Å². The molecule has 19 heavy (non-hydrogen) atoms. The molecule has 1 aromatic rings. The minimum absolute atomic E-state index is 0.186. The average molecular weight is 262 g/mol. The number of hydrogen-bond acceptors (Lipinski definition) is 4. The normalized spacial score (nSPS) is 10.7. The Balaban J connectivity index is 2.90. The number of benzene rings is 1. The van der Waals surface area contributed by atoms with E-state index in [4.69, 9.17) is 9.47 Å². The summed E-state index contributed by atoms with van der Waals surface area (Å²) in [5.41, 5.74) is 1.05. The second-order valence-corrected chi connectivity index (χ2v) is 4.13. The molecule has 0 aromatic heterocycles. The van der Waals surface area contributed by atoms with Crippen LogP contribution in [0.5, 0.6) is 0 Å². The van der Waals surface area contributed by atoms with Crippen LogP contribution in [-0.2, 0) is 14.3 Å². The largest absolute Gasteiger partial charge is 0.463 e. The number of rotatable bonds is 5. The van der Waals surface area contributed by atoms with Crippen LogP contribution in [0.15, 0.2) is 30.3 Å². The fourth-order valence-corrected chi connectivity index (χ4v) is 1.45. The SMILES string of the molecule is CCOC(=O)/C=C/c1ccccc1C(=O)OC(C)C. The van der Waals surface area contributed by atoms with Gasteiger partial charge in [0, 0.05) is 6.08 Å². The number of carbonyl (C=O) groups is 2. The molecule has 1 aromatic carbocycles. The van der Waals surface area contributed by atoms with Gasteiger partial charge in [-0.15, -0.1) is 0 Å². The Morgan fingerprint density at radius 3 is 2.58 bits per heavy atom. The lowest BCUT2D eigenvalue weighted by molar-refractivity contribution is -0.137. The van der Waals surface area contributed by atoms with E-state index in [2.05, 4.69) is 0 Å². The van der Waals surface area contributed by atoms with E-state index in [1.54, 1.807) is 51.1 Å². The molecule has 102 valence electrons. The molecule has 0 bridgehead atoms. The second kappa shape index (κ2) is 7.36. The lowest BCUT2D eigenvalue weighted by Crippen LogP contribution is -2.12. The van der Waals surface area contributed by atoms with E-state index in [9.17, 15) is 9.59 Å². The molecule has 0 saturated heterocycles. The molecule has 4 nitrogen and oxygen atoms in total. The number of carbonyl (C=O) groups excluding carboxylic acids is 2. The molecule has 0 aliphatic rings. The van der Waals surface area contributed by atoms with Gasteiger partial charge < -0.3 is 9.47 Å². The predicted octanol–water partition coefficient (Wildman–Crippen LogP) is 2.83. The number of ether oxygens (including phenoxy) is 2. The first kappa shape index (κ1) is 15.0. The first-order chi connectivity index (χ1) is 9.04. The lowest BCUT2D eigenvalue weighted by atomic mass is 10.1. The van der Waals surface area contributed by atoms with Gasteiger partial charge in [-0.05, 0) is 38.5 Å². The highest BCUT2D eigenvalue weighted by molar-refractivity contribution is 5.95. The topological polar surface area (TPSA) is 52.6 Å². The van der Waals surface area contributed by atoms with Crippen LogP contribution in [0.4, 0.5) is 0 Å². The van der Waals surface area contributed by atoms with Crippen LogP contribution in [0.2, 0.25) is 0 Å². The summed E-state index contributed by atoms with van der Waals surface area (Å²) in [6, 6.07) is 6.94. The van der Waals surface area contributed by atoms with Crippen molar-refractivity contribution in [1.29, 1.82) is 0 Å². The molecule has 0 fully saturated rings. The van der Waals surface area contributed by atoms with E-state index in [-0.39, 0.29) is 6.10 Å². The smallest absolute Gasteiger partial charge is 0.338 e. The maximum atomic E-state index is 11.9. The highest BCUT2D eigenvalue weighted by atomic mass is 16.5. The Morgan fingerprint density at radius 1 is 1.26 bits per heavy atom. The fraction of sp³-hybridized carbons (Fsp3) is 0.333. The summed E-state index contributed by atoms with van der Waals surface area (Å²) in [5.74, 6) is -0.839. The molecule has 0 saturated carbocycles. The van der Waals surface area contributed by atoms with Crippen molar-refractivity contribution >= 4 is 18.0 Å². The summed E-state index contributed by atoms with van der Waals surface area (Å²) in [6.45, 7) is 5.63. The van der Waals surface area contributed by atoms with Gasteiger partial charge in [-0.3, -0.25) is 0 Å². The minimum Gasteiger partial charge on any atom is -0.463 e. The Hall–Kier alpha value is -2.10. The third-order valence-electron chi connectivity index (χ3n) is 2.21. The van der Waals surface area contributed by atoms with Gasteiger partial charge in [0.25, 0.3) is 0 Å². The van der Waals surface area contributed by atoms with Crippen LogP contribution < -0.4 is 0 Å². The third-order valence-corrected chi connectivity index (χ3v) is 2.21. The van der Waals surface area contributed by atoms with Crippen LogP contribution in [-0.4, -0.2) is 24.6 Å². The molecule has 4 heteroatoms. The van der Waals surface area contributed by atoms with Gasteiger partial charge in [0.1, 0.15) is 0 Å². The van der Waals surface area contributed by atoms with Crippen LogP contribution >= 0.6 is 0 Å². The Morgan fingerprint density at radius 2 is 1.95 bits per heavy atom. The van der Waals surface area contributed by atoms with Crippen molar-refractivity contribution in [2.75, 3.05) is 6.61 Å². The van der Waals surface area contributed by atoms with E-state index >= 15 is 0 Å². The summed E-state index contributed by atoms with van der Waals surface area (Å²) in [7, 11) is 0. The van der Waals surface area contributed by atoms with E-state index in [0.717, 1.165) is 0 Å². The molecule has 0 unspecified atom stereocenters. The lowest BCUT2D eigenvalue weighted by Gasteiger charge is -2.09. The summed E-state index contributed by atoms with van der Waals surface area (Å²) in [6.07, 6.45) is 2.66. The monoisotopic (exact) mass is 262 g/mol. The predicted molar refractivity (Wildman–Crippen MR) is 72.7 cm³/mol. The van der Waals surface area contributed by atoms with Crippen molar-refractivity contribution in [3.63, 3.8) is 0 Å². The molecule has 0 N–H and O–H groups in total. The second-order valence-electron chi connectivity index (χ2n) is 4.13. The first-order valence-electron chi connectivity index (χ1n) is 6.19. The molecular weight excluding hydrogens is 244 g/mol. The number of hydrogen-bond donors (Lipinski definition) is 0. The zero-order valence-corrected chi connectivity index (χ0v) is 11.4. The van der Waals surface area contributed by atoms with Crippen molar-refractivity contribution in [1.82, 2.24) is 0 Å². The fourth-order valence-electron chi connectivity index (χ4n) is 1.45. The maximum absolute atomic E-state index is 11.9. The highest BCUT2D eigenvalue weighted by Gasteiger charge is 2.12. The van der Waals surface area contributed by atoms with Crippen molar-refractivity contribution in [3.8, 4) is 0 Å². The minimum atomic E-state index is -0.436. The summed E-state index contributed by atoms with van der Waals surface area (Å²) in [5, 5.41) is 0. The first-order valence-corrected chi connectivity index (χ1v) is 6.19. The van der Waals surface area contributed by atoms with E-state index in [0.29, 0.717) is 17.7 Å². The van der Waals surface area contributed by atoms with Crippen molar-refractivity contribution in [2.45, 2.75) is 26.9 Å². The third kappa shape index (κ3) is 4.95. The zero-order chi connectivity index (χ0) is 14.3. The summed E-state index contributed by atoms with van der Waals surface area (Å²) < 4.78 is 9.93. The Labute approximate surface area is 113 Å². The van der Waals surface area contributed by atoms with Crippen LogP contribution in [0.3, 0.4) is 0 Å². The molecule has 0 heterocycles. The molecule has 0 spiro atoms.